The first-order chi connectivity index (χ1) is 7.63. The van der Waals surface area contributed by atoms with Crippen LogP contribution in [0, 0.1) is 0 Å². The highest BCUT2D eigenvalue weighted by Gasteiger charge is 2.18. The molecule has 1 rings (SSSR count). The van der Waals surface area contributed by atoms with Crippen LogP contribution in [0.2, 0.25) is 0 Å². The van der Waals surface area contributed by atoms with Crippen molar-refractivity contribution in [2.24, 2.45) is 0 Å². The van der Waals surface area contributed by atoms with Gasteiger partial charge in [0.25, 0.3) is 0 Å². The SMILES string of the molecule is CCCC(NC(=O)Cn1cccn1)C(=O)O. The van der Waals surface area contributed by atoms with Gasteiger partial charge in [-0.05, 0) is 12.5 Å². The lowest BCUT2D eigenvalue weighted by Crippen LogP contribution is -2.42. The van der Waals surface area contributed by atoms with E-state index in [1.165, 1.54) is 4.68 Å². The Kier molecular flexibility index (Phi) is 4.50. The average Bonchev–Trinajstić information content (AvgIpc) is 2.69. The third-order valence-electron chi connectivity index (χ3n) is 2.08. The van der Waals surface area contributed by atoms with E-state index < -0.39 is 12.0 Å². The van der Waals surface area contributed by atoms with E-state index >= 15 is 0 Å². The van der Waals surface area contributed by atoms with Gasteiger partial charge in [0.1, 0.15) is 12.6 Å². The maximum Gasteiger partial charge on any atom is 0.326 e. The van der Waals surface area contributed by atoms with E-state index in [1.807, 2.05) is 6.92 Å². The zero-order valence-electron chi connectivity index (χ0n) is 9.09. The second-order valence-corrected chi connectivity index (χ2v) is 3.45. The summed E-state index contributed by atoms with van der Waals surface area (Å²) in [4.78, 5) is 22.3. The molecule has 2 N–H and O–H groups in total. The Morgan fingerprint density at radius 1 is 1.56 bits per heavy atom. The van der Waals surface area contributed by atoms with Gasteiger partial charge in [-0.25, -0.2) is 4.79 Å². The van der Waals surface area contributed by atoms with Crippen molar-refractivity contribution in [3.05, 3.63) is 18.5 Å². The maximum absolute atomic E-state index is 11.5. The first-order valence-corrected chi connectivity index (χ1v) is 5.13. The van der Waals surface area contributed by atoms with Crippen LogP contribution in [0.1, 0.15) is 19.8 Å². The first-order valence-electron chi connectivity index (χ1n) is 5.13. The van der Waals surface area contributed by atoms with E-state index in [4.69, 9.17) is 5.11 Å². The van der Waals surface area contributed by atoms with Gasteiger partial charge in [0.15, 0.2) is 0 Å². The lowest BCUT2D eigenvalue weighted by atomic mass is 10.1. The number of aliphatic carboxylic acids is 1. The molecule has 1 unspecified atom stereocenters. The number of nitrogens with one attached hydrogen (secondary N) is 1. The summed E-state index contributed by atoms with van der Waals surface area (Å²) >= 11 is 0. The first kappa shape index (κ1) is 12.2. The summed E-state index contributed by atoms with van der Waals surface area (Å²) in [7, 11) is 0. The third-order valence-corrected chi connectivity index (χ3v) is 2.08. The van der Waals surface area contributed by atoms with Gasteiger partial charge in [0, 0.05) is 12.4 Å². The molecule has 0 aromatic carbocycles. The fourth-order valence-corrected chi connectivity index (χ4v) is 1.33. The van der Waals surface area contributed by atoms with Crippen LogP contribution in [-0.2, 0) is 16.1 Å². The molecular formula is C10H15N3O3. The second kappa shape index (κ2) is 5.89. The van der Waals surface area contributed by atoms with Crippen molar-refractivity contribution in [3.63, 3.8) is 0 Å². The Labute approximate surface area is 93.3 Å². The van der Waals surface area contributed by atoms with Gasteiger partial charge in [0.2, 0.25) is 5.91 Å². The highest BCUT2D eigenvalue weighted by Crippen LogP contribution is 1.97. The minimum Gasteiger partial charge on any atom is -0.480 e. The van der Waals surface area contributed by atoms with Gasteiger partial charge in [-0.1, -0.05) is 13.3 Å². The minimum atomic E-state index is -1.00. The predicted octanol–water partition coefficient (Wildman–Crippen LogP) is 0.253. The summed E-state index contributed by atoms with van der Waals surface area (Å²) in [5, 5.41) is 15.2. The van der Waals surface area contributed by atoms with E-state index in [9.17, 15) is 9.59 Å². The maximum atomic E-state index is 11.5. The molecule has 1 heterocycles. The monoisotopic (exact) mass is 225 g/mol. The molecule has 0 fully saturated rings. The zero-order valence-corrected chi connectivity index (χ0v) is 9.09. The highest BCUT2D eigenvalue weighted by molar-refractivity contribution is 5.83. The van der Waals surface area contributed by atoms with Crippen LogP contribution in [0.25, 0.3) is 0 Å². The van der Waals surface area contributed by atoms with E-state index in [1.54, 1.807) is 18.5 Å². The number of carboxylic acid groups (broad SMARTS) is 1. The van der Waals surface area contributed by atoms with E-state index in [-0.39, 0.29) is 12.5 Å². The number of nitrogens with zero attached hydrogens (tertiary/aromatic N) is 2. The largest absolute Gasteiger partial charge is 0.480 e. The predicted molar refractivity (Wildman–Crippen MR) is 56.7 cm³/mol. The molecule has 0 saturated heterocycles. The van der Waals surface area contributed by atoms with Gasteiger partial charge >= 0.3 is 5.97 Å². The molecule has 0 saturated carbocycles. The summed E-state index contributed by atoms with van der Waals surface area (Å²) in [6.07, 6.45) is 4.35. The Bertz CT molecular complexity index is 348. The number of rotatable bonds is 6. The van der Waals surface area contributed by atoms with Crippen LogP contribution >= 0.6 is 0 Å². The summed E-state index contributed by atoms with van der Waals surface area (Å²) in [5.74, 6) is -1.35. The fraction of sp³-hybridized carbons (Fsp3) is 0.500. The molecular weight excluding hydrogens is 210 g/mol. The number of carboxylic acids is 1. The highest BCUT2D eigenvalue weighted by atomic mass is 16.4. The third kappa shape index (κ3) is 3.72. The van der Waals surface area contributed by atoms with Crippen molar-refractivity contribution < 1.29 is 14.7 Å². The molecule has 6 nitrogen and oxygen atoms in total. The number of aromatic nitrogens is 2. The summed E-state index contributed by atoms with van der Waals surface area (Å²) in [6.45, 7) is 1.91. The smallest absolute Gasteiger partial charge is 0.326 e. The van der Waals surface area contributed by atoms with Gasteiger partial charge in [0.05, 0.1) is 0 Å². The van der Waals surface area contributed by atoms with Crippen molar-refractivity contribution in [3.8, 4) is 0 Å². The average molecular weight is 225 g/mol. The zero-order chi connectivity index (χ0) is 12.0. The molecule has 0 aliphatic heterocycles. The number of hydrogen-bond donors (Lipinski definition) is 2. The number of carbonyl (C=O) groups excluding carboxylic acids is 1. The standard InChI is InChI=1S/C10H15N3O3/c1-2-4-8(10(15)16)12-9(14)7-13-6-3-5-11-13/h3,5-6,8H,2,4,7H2,1H3,(H,12,14)(H,15,16). The summed E-state index contributed by atoms with van der Waals surface area (Å²) in [6, 6.07) is 0.890. The molecule has 0 aliphatic rings. The van der Waals surface area contributed by atoms with E-state index in [0.717, 1.165) is 0 Å². The number of hydrogen-bond acceptors (Lipinski definition) is 3. The van der Waals surface area contributed by atoms with Crippen LogP contribution in [0.4, 0.5) is 0 Å². The number of carbonyl (C=O) groups is 2. The van der Waals surface area contributed by atoms with Crippen LogP contribution in [-0.4, -0.2) is 32.8 Å². The van der Waals surface area contributed by atoms with E-state index in [2.05, 4.69) is 10.4 Å². The second-order valence-electron chi connectivity index (χ2n) is 3.45. The Hall–Kier alpha value is -1.85. The number of amides is 1. The van der Waals surface area contributed by atoms with Crippen LogP contribution in [0.15, 0.2) is 18.5 Å². The molecule has 1 atom stereocenters. The molecule has 0 bridgehead atoms. The van der Waals surface area contributed by atoms with E-state index in [0.29, 0.717) is 12.8 Å². The Morgan fingerprint density at radius 3 is 2.81 bits per heavy atom. The molecule has 6 heteroatoms. The molecule has 1 aromatic rings. The van der Waals surface area contributed by atoms with Crippen molar-refractivity contribution >= 4 is 11.9 Å². The van der Waals surface area contributed by atoms with Crippen molar-refractivity contribution in [2.75, 3.05) is 0 Å². The fourth-order valence-electron chi connectivity index (χ4n) is 1.33. The summed E-state index contributed by atoms with van der Waals surface area (Å²) < 4.78 is 1.44. The topological polar surface area (TPSA) is 84.2 Å². The molecule has 16 heavy (non-hydrogen) atoms. The van der Waals surface area contributed by atoms with Gasteiger partial charge < -0.3 is 10.4 Å². The minimum absolute atomic E-state index is 0.0422. The molecule has 0 aliphatic carbocycles. The van der Waals surface area contributed by atoms with Gasteiger partial charge in [-0.15, -0.1) is 0 Å². The molecule has 0 radical (unpaired) electrons. The molecule has 1 aromatic heterocycles. The van der Waals surface area contributed by atoms with Gasteiger partial charge in [-0.3, -0.25) is 9.48 Å². The Morgan fingerprint density at radius 2 is 2.31 bits per heavy atom. The van der Waals surface area contributed by atoms with Gasteiger partial charge in [-0.2, -0.15) is 5.10 Å². The van der Waals surface area contributed by atoms with Crippen LogP contribution < -0.4 is 5.32 Å². The molecule has 88 valence electrons. The van der Waals surface area contributed by atoms with Crippen molar-refractivity contribution in [1.82, 2.24) is 15.1 Å². The Balaban J connectivity index is 2.45. The van der Waals surface area contributed by atoms with Crippen LogP contribution in [0.5, 0.6) is 0 Å². The van der Waals surface area contributed by atoms with Crippen LogP contribution in [0.3, 0.4) is 0 Å². The lowest BCUT2D eigenvalue weighted by Gasteiger charge is -2.13. The normalized spacial score (nSPS) is 12.1. The van der Waals surface area contributed by atoms with Crippen molar-refractivity contribution in [1.29, 1.82) is 0 Å². The van der Waals surface area contributed by atoms with Crippen molar-refractivity contribution in [2.45, 2.75) is 32.4 Å². The lowest BCUT2D eigenvalue weighted by molar-refractivity contribution is -0.142. The molecule has 0 spiro atoms. The summed E-state index contributed by atoms with van der Waals surface area (Å²) in [5.41, 5.74) is 0. The molecule has 1 amide bonds. The quantitative estimate of drug-likeness (QED) is 0.727.